The fraction of sp³-hybridized carbons (Fsp3) is 0.304. The van der Waals surface area contributed by atoms with E-state index in [2.05, 4.69) is 35.9 Å². The highest BCUT2D eigenvalue weighted by Crippen LogP contribution is 2.34. The summed E-state index contributed by atoms with van der Waals surface area (Å²) in [4.78, 5) is 27.0. The molecule has 0 unspecified atom stereocenters. The number of nitrogens with one attached hydrogen (secondary N) is 2. The average molecular weight is 372 g/mol. The van der Waals surface area contributed by atoms with Crippen LogP contribution in [0, 0.1) is 20.8 Å². The van der Waals surface area contributed by atoms with E-state index in [0.29, 0.717) is 5.69 Å². The highest BCUT2D eigenvalue weighted by molar-refractivity contribution is 6.02. The SMILES string of the molecule is Cc1cc(C)c2[nH]c(C(=O)N3CCC[C@@H]3c3nc4ccccc4[nH]3)c(C)c2c1. The van der Waals surface area contributed by atoms with Crippen LogP contribution in [-0.4, -0.2) is 32.3 Å². The van der Waals surface area contributed by atoms with E-state index in [0.717, 1.165) is 52.7 Å². The van der Waals surface area contributed by atoms with Gasteiger partial charge in [0.05, 0.1) is 17.1 Å². The van der Waals surface area contributed by atoms with Crippen molar-refractivity contribution < 1.29 is 4.79 Å². The molecule has 1 aliphatic rings. The number of para-hydroxylation sites is 2. The molecule has 28 heavy (non-hydrogen) atoms. The maximum atomic E-state index is 13.5. The van der Waals surface area contributed by atoms with Crippen LogP contribution in [0.15, 0.2) is 36.4 Å². The summed E-state index contributed by atoms with van der Waals surface area (Å²) in [5.41, 5.74) is 7.15. The molecule has 1 amide bonds. The summed E-state index contributed by atoms with van der Waals surface area (Å²) in [6, 6.07) is 12.3. The van der Waals surface area contributed by atoms with E-state index in [-0.39, 0.29) is 11.9 Å². The third kappa shape index (κ3) is 2.53. The van der Waals surface area contributed by atoms with Crippen LogP contribution in [0.3, 0.4) is 0 Å². The first-order chi connectivity index (χ1) is 13.5. The zero-order valence-electron chi connectivity index (χ0n) is 16.5. The maximum Gasteiger partial charge on any atom is 0.271 e. The van der Waals surface area contributed by atoms with Gasteiger partial charge in [-0.15, -0.1) is 0 Å². The molecule has 2 aromatic heterocycles. The van der Waals surface area contributed by atoms with Gasteiger partial charge in [0.25, 0.3) is 5.91 Å². The molecule has 142 valence electrons. The Balaban J connectivity index is 1.54. The third-order valence-electron chi connectivity index (χ3n) is 5.96. The first-order valence-corrected chi connectivity index (χ1v) is 9.88. The summed E-state index contributed by atoms with van der Waals surface area (Å²) in [6.07, 6.45) is 1.92. The smallest absolute Gasteiger partial charge is 0.271 e. The minimum atomic E-state index is -0.00598. The molecular weight excluding hydrogens is 348 g/mol. The van der Waals surface area contributed by atoms with Gasteiger partial charge in [-0.25, -0.2) is 4.98 Å². The molecule has 0 spiro atoms. The van der Waals surface area contributed by atoms with Crippen molar-refractivity contribution in [3.63, 3.8) is 0 Å². The number of carbonyl (C=O) groups is 1. The molecule has 4 aromatic rings. The van der Waals surface area contributed by atoms with Crippen LogP contribution in [-0.2, 0) is 0 Å². The van der Waals surface area contributed by atoms with Crippen molar-refractivity contribution in [2.24, 2.45) is 0 Å². The van der Waals surface area contributed by atoms with Crippen LogP contribution in [0.5, 0.6) is 0 Å². The highest BCUT2D eigenvalue weighted by atomic mass is 16.2. The van der Waals surface area contributed by atoms with E-state index in [1.54, 1.807) is 0 Å². The lowest BCUT2D eigenvalue weighted by atomic mass is 10.1. The molecule has 0 saturated carbocycles. The number of imidazole rings is 1. The van der Waals surface area contributed by atoms with Gasteiger partial charge in [0.1, 0.15) is 11.5 Å². The lowest BCUT2D eigenvalue weighted by molar-refractivity contribution is 0.0725. The topological polar surface area (TPSA) is 64.8 Å². The lowest BCUT2D eigenvalue weighted by Crippen LogP contribution is -2.31. The molecule has 2 N–H and O–H groups in total. The Kier molecular flexibility index (Phi) is 3.79. The summed E-state index contributed by atoms with van der Waals surface area (Å²) in [7, 11) is 0. The van der Waals surface area contributed by atoms with Gasteiger partial charge in [0.15, 0.2) is 0 Å². The van der Waals surface area contributed by atoms with Crippen molar-refractivity contribution in [1.29, 1.82) is 0 Å². The van der Waals surface area contributed by atoms with Crippen LogP contribution in [0.1, 0.15) is 51.9 Å². The number of aromatic amines is 2. The number of likely N-dealkylation sites (tertiary alicyclic amines) is 1. The van der Waals surface area contributed by atoms with Gasteiger partial charge in [-0.2, -0.15) is 0 Å². The van der Waals surface area contributed by atoms with Crippen LogP contribution in [0.4, 0.5) is 0 Å². The predicted octanol–water partition coefficient (Wildman–Crippen LogP) is 4.95. The zero-order valence-corrected chi connectivity index (χ0v) is 16.5. The number of hydrogen-bond donors (Lipinski definition) is 2. The molecule has 0 aliphatic carbocycles. The van der Waals surface area contributed by atoms with Crippen molar-refractivity contribution >= 4 is 27.8 Å². The third-order valence-corrected chi connectivity index (χ3v) is 5.96. The number of hydrogen-bond acceptors (Lipinski definition) is 2. The van der Waals surface area contributed by atoms with Crippen molar-refractivity contribution in [1.82, 2.24) is 19.9 Å². The molecule has 1 fully saturated rings. The predicted molar refractivity (Wildman–Crippen MR) is 112 cm³/mol. The van der Waals surface area contributed by atoms with E-state index >= 15 is 0 Å². The maximum absolute atomic E-state index is 13.5. The largest absolute Gasteiger partial charge is 0.350 e. The van der Waals surface area contributed by atoms with Crippen molar-refractivity contribution in [2.75, 3.05) is 6.54 Å². The molecule has 5 heteroatoms. The number of nitrogens with zero attached hydrogens (tertiary/aromatic N) is 2. The molecule has 3 heterocycles. The fourth-order valence-corrected chi connectivity index (χ4v) is 4.56. The second kappa shape index (κ2) is 6.23. The number of aryl methyl sites for hydroxylation is 3. The molecule has 2 aromatic carbocycles. The molecule has 0 bridgehead atoms. The van der Waals surface area contributed by atoms with Crippen LogP contribution < -0.4 is 0 Å². The van der Waals surface area contributed by atoms with Gasteiger partial charge < -0.3 is 14.9 Å². The van der Waals surface area contributed by atoms with E-state index in [1.807, 2.05) is 36.1 Å². The Hall–Kier alpha value is -3.08. The summed E-state index contributed by atoms with van der Waals surface area (Å²) < 4.78 is 0. The minimum Gasteiger partial charge on any atom is -0.350 e. The molecule has 5 nitrogen and oxygen atoms in total. The number of H-pyrrole nitrogens is 2. The molecule has 1 aliphatic heterocycles. The summed E-state index contributed by atoms with van der Waals surface area (Å²) >= 11 is 0. The zero-order chi connectivity index (χ0) is 19.4. The summed E-state index contributed by atoms with van der Waals surface area (Å²) in [6.45, 7) is 6.98. The number of benzene rings is 2. The first kappa shape index (κ1) is 17.0. The quantitative estimate of drug-likeness (QED) is 0.523. The van der Waals surface area contributed by atoms with Crippen molar-refractivity contribution in [3.05, 3.63) is 64.6 Å². The number of rotatable bonds is 2. The number of amides is 1. The van der Waals surface area contributed by atoms with E-state index in [9.17, 15) is 4.79 Å². The van der Waals surface area contributed by atoms with Crippen molar-refractivity contribution in [2.45, 2.75) is 39.7 Å². The number of carbonyl (C=O) groups excluding carboxylic acids is 1. The van der Waals surface area contributed by atoms with Gasteiger partial charge in [0.2, 0.25) is 0 Å². The van der Waals surface area contributed by atoms with Gasteiger partial charge in [0, 0.05) is 17.4 Å². The minimum absolute atomic E-state index is 0.00598. The molecule has 1 atom stereocenters. The van der Waals surface area contributed by atoms with Gasteiger partial charge >= 0.3 is 0 Å². The molecular formula is C23H24N4O. The van der Waals surface area contributed by atoms with Gasteiger partial charge in [-0.1, -0.05) is 23.8 Å². The average Bonchev–Trinajstić information content (AvgIpc) is 3.38. The molecule has 0 radical (unpaired) electrons. The van der Waals surface area contributed by atoms with Gasteiger partial charge in [-0.3, -0.25) is 4.79 Å². The monoisotopic (exact) mass is 372 g/mol. The lowest BCUT2D eigenvalue weighted by Gasteiger charge is -2.23. The molecule has 1 saturated heterocycles. The van der Waals surface area contributed by atoms with Gasteiger partial charge in [-0.05, 0) is 62.9 Å². The Morgan fingerprint density at radius 2 is 1.96 bits per heavy atom. The van der Waals surface area contributed by atoms with E-state index in [4.69, 9.17) is 4.98 Å². The Labute approximate surface area is 163 Å². The summed E-state index contributed by atoms with van der Waals surface area (Å²) in [5, 5.41) is 1.14. The fourth-order valence-electron chi connectivity index (χ4n) is 4.56. The van der Waals surface area contributed by atoms with E-state index < -0.39 is 0 Å². The Morgan fingerprint density at radius 3 is 2.79 bits per heavy atom. The Morgan fingerprint density at radius 1 is 1.14 bits per heavy atom. The number of aromatic nitrogens is 3. The first-order valence-electron chi connectivity index (χ1n) is 9.88. The summed E-state index contributed by atoms with van der Waals surface area (Å²) in [5.74, 6) is 0.946. The second-order valence-corrected chi connectivity index (χ2v) is 7.93. The number of fused-ring (bicyclic) bond motifs is 2. The van der Waals surface area contributed by atoms with Crippen LogP contribution in [0.2, 0.25) is 0 Å². The standard InChI is InChI=1S/C23H24N4O/c1-13-11-14(2)20-16(12-13)15(3)21(26-20)23(28)27-10-6-9-19(27)22-24-17-7-4-5-8-18(17)25-22/h4-5,7-8,11-12,19,26H,6,9-10H2,1-3H3,(H,24,25)/t19-/m1/s1. The highest BCUT2D eigenvalue weighted by Gasteiger charge is 2.34. The normalized spacial score (nSPS) is 17.1. The van der Waals surface area contributed by atoms with Crippen LogP contribution >= 0.6 is 0 Å². The van der Waals surface area contributed by atoms with E-state index in [1.165, 1.54) is 11.1 Å². The molecule has 5 rings (SSSR count). The Bertz CT molecular complexity index is 1180. The second-order valence-electron chi connectivity index (χ2n) is 7.93. The van der Waals surface area contributed by atoms with Crippen molar-refractivity contribution in [3.8, 4) is 0 Å². The van der Waals surface area contributed by atoms with Crippen LogP contribution in [0.25, 0.3) is 21.9 Å².